The van der Waals surface area contributed by atoms with E-state index in [9.17, 15) is 0 Å². The average Bonchev–Trinajstić information content (AvgIpc) is 2.57. The van der Waals surface area contributed by atoms with Crippen molar-refractivity contribution in [1.82, 2.24) is 15.1 Å². The fraction of sp³-hybridized carbons (Fsp3) is 0.769. The molecule has 1 atom stereocenters. The zero-order chi connectivity index (χ0) is 13.1. The van der Waals surface area contributed by atoms with E-state index in [0.29, 0.717) is 0 Å². The van der Waals surface area contributed by atoms with Gasteiger partial charge < -0.3 is 5.32 Å². The lowest BCUT2D eigenvalue weighted by Crippen LogP contribution is -2.32. The van der Waals surface area contributed by atoms with Gasteiger partial charge in [0, 0.05) is 13.1 Å². The molecule has 0 radical (unpaired) electrons. The van der Waals surface area contributed by atoms with E-state index in [4.69, 9.17) is 11.6 Å². The standard InChI is InChI=1S/C13H24ClN3/c1-6-13(4,9-15-5)8-11-12(14)10(3)16-17(11)7-2/h15H,6-9H2,1-5H3. The number of nitrogens with one attached hydrogen (secondary N) is 1. The summed E-state index contributed by atoms with van der Waals surface area (Å²) in [7, 11) is 2.00. The molecule has 4 heteroatoms. The van der Waals surface area contributed by atoms with Gasteiger partial charge in [0.05, 0.1) is 16.4 Å². The molecule has 1 heterocycles. The Balaban J connectivity index is 3.00. The SMILES string of the molecule is CCn1nc(C)c(Cl)c1CC(C)(CC)CNC. The molecule has 98 valence electrons. The molecular weight excluding hydrogens is 234 g/mol. The molecule has 0 bridgehead atoms. The normalized spacial score (nSPS) is 14.9. The van der Waals surface area contributed by atoms with E-state index < -0.39 is 0 Å². The van der Waals surface area contributed by atoms with Crippen LogP contribution in [0.4, 0.5) is 0 Å². The van der Waals surface area contributed by atoms with Crippen molar-refractivity contribution in [3.8, 4) is 0 Å². The van der Waals surface area contributed by atoms with E-state index in [1.165, 1.54) is 5.69 Å². The Bertz CT molecular complexity index is 373. The molecule has 0 aliphatic heterocycles. The van der Waals surface area contributed by atoms with Crippen LogP contribution in [0.25, 0.3) is 0 Å². The van der Waals surface area contributed by atoms with E-state index in [0.717, 1.165) is 36.6 Å². The minimum absolute atomic E-state index is 0.234. The molecule has 0 aromatic carbocycles. The first kappa shape index (κ1) is 14.5. The maximum atomic E-state index is 6.35. The van der Waals surface area contributed by atoms with Crippen LogP contribution in [-0.2, 0) is 13.0 Å². The summed E-state index contributed by atoms with van der Waals surface area (Å²) in [6, 6.07) is 0. The van der Waals surface area contributed by atoms with Gasteiger partial charge in [-0.3, -0.25) is 4.68 Å². The van der Waals surface area contributed by atoms with E-state index >= 15 is 0 Å². The van der Waals surface area contributed by atoms with Gasteiger partial charge in [0.2, 0.25) is 0 Å². The van der Waals surface area contributed by atoms with Crippen molar-refractivity contribution in [2.75, 3.05) is 13.6 Å². The van der Waals surface area contributed by atoms with E-state index in [2.05, 4.69) is 31.2 Å². The molecule has 17 heavy (non-hydrogen) atoms. The third kappa shape index (κ3) is 3.23. The summed E-state index contributed by atoms with van der Waals surface area (Å²) >= 11 is 6.35. The Kier molecular flexibility index (Phi) is 5.02. The number of rotatable bonds is 6. The first-order chi connectivity index (χ1) is 7.97. The molecule has 0 aliphatic rings. The van der Waals surface area contributed by atoms with Crippen LogP contribution < -0.4 is 5.32 Å². The highest BCUT2D eigenvalue weighted by atomic mass is 35.5. The number of nitrogens with zero attached hydrogens (tertiary/aromatic N) is 2. The van der Waals surface area contributed by atoms with Crippen LogP contribution in [-0.4, -0.2) is 23.4 Å². The summed E-state index contributed by atoms with van der Waals surface area (Å²) in [5.74, 6) is 0. The molecule has 0 amide bonds. The summed E-state index contributed by atoms with van der Waals surface area (Å²) in [5, 5.41) is 8.58. The lowest BCUT2D eigenvalue weighted by atomic mass is 9.82. The Labute approximate surface area is 110 Å². The van der Waals surface area contributed by atoms with Crippen molar-refractivity contribution in [3.05, 3.63) is 16.4 Å². The predicted octanol–water partition coefficient (Wildman–Crippen LogP) is 3.04. The van der Waals surface area contributed by atoms with E-state index in [1.807, 2.05) is 18.7 Å². The maximum absolute atomic E-state index is 6.35. The monoisotopic (exact) mass is 257 g/mol. The average molecular weight is 258 g/mol. The number of halogens is 1. The third-order valence-electron chi connectivity index (χ3n) is 3.50. The maximum Gasteiger partial charge on any atom is 0.0847 e. The molecule has 0 saturated carbocycles. The van der Waals surface area contributed by atoms with Crippen LogP contribution in [0.5, 0.6) is 0 Å². The summed E-state index contributed by atoms with van der Waals surface area (Å²) in [5.41, 5.74) is 2.34. The first-order valence-electron chi connectivity index (χ1n) is 6.33. The largest absolute Gasteiger partial charge is 0.319 e. The second-order valence-electron chi connectivity index (χ2n) is 5.03. The van der Waals surface area contributed by atoms with Gasteiger partial charge in [-0.2, -0.15) is 5.10 Å². The quantitative estimate of drug-likeness (QED) is 0.849. The van der Waals surface area contributed by atoms with Crippen LogP contribution >= 0.6 is 11.6 Å². The molecule has 1 aromatic rings. The molecule has 0 fully saturated rings. The zero-order valence-corrected chi connectivity index (χ0v) is 12.4. The smallest absolute Gasteiger partial charge is 0.0847 e. The highest BCUT2D eigenvalue weighted by Crippen LogP contribution is 2.30. The van der Waals surface area contributed by atoms with Gasteiger partial charge in [0.15, 0.2) is 0 Å². The van der Waals surface area contributed by atoms with Crippen molar-refractivity contribution < 1.29 is 0 Å². The van der Waals surface area contributed by atoms with Gasteiger partial charge in [-0.25, -0.2) is 0 Å². The number of aromatic nitrogens is 2. The molecule has 3 nitrogen and oxygen atoms in total. The summed E-state index contributed by atoms with van der Waals surface area (Å²) < 4.78 is 2.03. The minimum Gasteiger partial charge on any atom is -0.319 e. The molecule has 1 unspecified atom stereocenters. The van der Waals surface area contributed by atoms with Crippen LogP contribution in [0.15, 0.2) is 0 Å². The van der Waals surface area contributed by atoms with E-state index in [1.54, 1.807) is 0 Å². The van der Waals surface area contributed by atoms with Gasteiger partial charge in [-0.05, 0) is 39.2 Å². The predicted molar refractivity (Wildman–Crippen MR) is 73.7 cm³/mol. The van der Waals surface area contributed by atoms with Crippen molar-refractivity contribution in [1.29, 1.82) is 0 Å². The molecule has 0 aliphatic carbocycles. The molecular formula is C13H24ClN3. The minimum atomic E-state index is 0.234. The second kappa shape index (κ2) is 5.87. The summed E-state index contributed by atoms with van der Waals surface area (Å²) in [4.78, 5) is 0. The molecule has 0 saturated heterocycles. The van der Waals surface area contributed by atoms with Crippen molar-refractivity contribution in [2.45, 2.75) is 47.1 Å². The molecule has 1 aromatic heterocycles. The van der Waals surface area contributed by atoms with E-state index in [-0.39, 0.29) is 5.41 Å². The van der Waals surface area contributed by atoms with Crippen LogP contribution in [0.2, 0.25) is 5.02 Å². The molecule has 1 rings (SSSR count). The molecule has 0 spiro atoms. The highest BCUT2D eigenvalue weighted by Gasteiger charge is 2.26. The Hall–Kier alpha value is -0.540. The lowest BCUT2D eigenvalue weighted by molar-refractivity contribution is 0.291. The van der Waals surface area contributed by atoms with Gasteiger partial charge in [-0.1, -0.05) is 25.4 Å². The van der Waals surface area contributed by atoms with Crippen LogP contribution in [0.1, 0.15) is 38.6 Å². The molecule has 1 N–H and O–H groups in total. The fourth-order valence-electron chi connectivity index (χ4n) is 2.18. The van der Waals surface area contributed by atoms with Gasteiger partial charge in [-0.15, -0.1) is 0 Å². The Morgan fingerprint density at radius 2 is 2.06 bits per heavy atom. The van der Waals surface area contributed by atoms with Gasteiger partial charge in [0.1, 0.15) is 0 Å². The first-order valence-corrected chi connectivity index (χ1v) is 6.71. The number of hydrogen-bond donors (Lipinski definition) is 1. The van der Waals surface area contributed by atoms with Crippen molar-refractivity contribution in [3.63, 3.8) is 0 Å². The van der Waals surface area contributed by atoms with Gasteiger partial charge >= 0.3 is 0 Å². The summed E-state index contributed by atoms with van der Waals surface area (Å²) in [6.07, 6.45) is 2.09. The summed E-state index contributed by atoms with van der Waals surface area (Å²) in [6.45, 7) is 10.5. The topological polar surface area (TPSA) is 29.9 Å². The van der Waals surface area contributed by atoms with Crippen molar-refractivity contribution >= 4 is 11.6 Å². The Morgan fingerprint density at radius 3 is 2.53 bits per heavy atom. The van der Waals surface area contributed by atoms with Crippen molar-refractivity contribution in [2.24, 2.45) is 5.41 Å². The van der Waals surface area contributed by atoms with Crippen LogP contribution in [0, 0.1) is 12.3 Å². The lowest BCUT2D eigenvalue weighted by Gasteiger charge is -2.28. The zero-order valence-electron chi connectivity index (χ0n) is 11.6. The van der Waals surface area contributed by atoms with Crippen LogP contribution in [0.3, 0.4) is 0 Å². The fourth-order valence-corrected chi connectivity index (χ4v) is 2.38. The second-order valence-corrected chi connectivity index (χ2v) is 5.41. The number of hydrogen-bond acceptors (Lipinski definition) is 2. The number of aryl methyl sites for hydroxylation is 2. The van der Waals surface area contributed by atoms with Gasteiger partial charge in [0.25, 0.3) is 0 Å². The Morgan fingerprint density at radius 1 is 1.41 bits per heavy atom. The highest BCUT2D eigenvalue weighted by molar-refractivity contribution is 6.31. The third-order valence-corrected chi connectivity index (χ3v) is 4.00.